The van der Waals surface area contributed by atoms with Gasteiger partial charge in [0.05, 0.1) is 4.92 Å². The molecule has 0 bridgehead atoms. The molecule has 3 rings (SSSR count). The molecular formula is C13H8N4O4. The van der Waals surface area contributed by atoms with Crippen molar-refractivity contribution < 1.29 is 14.6 Å². The predicted molar refractivity (Wildman–Crippen MR) is 71.3 cm³/mol. The monoisotopic (exact) mass is 284 g/mol. The lowest BCUT2D eigenvalue weighted by molar-refractivity contribution is -0.385. The van der Waals surface area contributed by atoms with Crippen LogP contribution in [0, 0.1) is 10.1 Å². The van der Waals surface area contributed by atoms with Crippen molar-refractivity contribution in [2.24, 2.45) is 0 Å². The highest BCUT2D eigenvalue weighted by Gasteiger charge is 2.17. The molecule has 0 spiro atoms. The van der Waals surface area contributed by atoms with Crippen LogP contribution in [0.2, 0.25) is 0 Å². The average Bonchev–Trinajstić information content (AvgIpc) is 2.97. The van der Waals surface area contributed by atoms with Gasteiger partial charge in [-0.2, -0.15) is 4.98 Å². The highest BCUT2D eigenvalue weighted by atomic mass is 16.6. The molecule has 8 heteroatoms. The number of hydrogen-bond donors (Lipinski definition) is 1. The van der Waals surface area contributed by atoms with Gasteiger partial charge in [0.15, 0.2) is 5.75 Å². The number of pyridine rings is 1. The van der Waals surface area contributed by atoms with Crippen molar-refractivity contribution in [2.75, 3.05) is 0 Å². The van der Waals surface area contributed by atoms with E-state index in [2.05, 4.69) is 15.1 Å². The van der Waals surface area contributed by atoms with Crippen LogP contribution in [0.3, 0.4) is 0 Å². The number of rotatable bonds is 3. The zero-order valence-corrected chi connectivity index (χ0v) is 10.5. The van der Waals surface area contributed by atoms with Crippen LogP contribution >= 0.6 is 0 Å². The smallest absolute Gasteiger partial charge is 0.310 e. The highest BCUT2D eigenvalue weighted by Crippen LogP contribution is 2.31. The Morgan fingerprint density at radius 1 is 1.24 bits per heavy atom. The van der Waals surface area contributed by atoms with Crippen molar-refractivity contribution in [1.82, 2.24) is 15.1 Å². The summed E-state index contributed by atoms with van der Waals surface area (Å²) in [4.78, 5) is 18.1. The maximum Gasteiger partial charge on any atom is 0.310 e. The quantitative estimate of drug-likeness (QED) is 0.579. The van der Waals surface area contributed by atoms with Gasteiger partial charge in [-0.15, -0.1) is 0 Å². The summed E-state index contributed by atoms with van der Waals surface area (Å²) < 4.78 is 5.09. The van der Waals surface area contributed by atoms with E-state index in [0.29, 0.717) is 17.0 Å². The van der Waals surface area contributed by atoms with Crippen LogP contribution in [0.25, 0.3) is 22.8 Å². The van der Waals surface area contributed by atoms with Crippen molar-refractivity contribution in [3.8, 4) is 28.6 Å². The second-order valence-corrected chi connectivity index (χ2v) is 4.13. The molecule has 1 aromatic carbocycles. The molecule has 0 saturated carbocycles. The van der Waals surface area contributed by atoms with Crippen LogP contribution in [0.1, 0.15) is 0 Å². The number of hydrogen-bond acceptors (Lipinski definition) is 7. The SMILES string of the molecule is O=[N+]([O-])c1ccc(-c2nc(-c3cccnc3)no2)cc1O. The molecule has 1 N–H and O–H groups in total. The predicted octanol–water partition coefficient (Wildman–Crippen LogP) is 2.41. The summed E-state index contributed by atoms with van der Waals surface area (Å²) in [5.74, 6) is 0.0358. The number of phenolic OH excluding ortho intramolecular Hbond substituents is 1. The molecule has 0 fully saturated rings. The molecule has 0 amide bonds. The van der Waals surface area contributed by atoms with E-state index in [9.17, 15) is 15.2 Å². The van der Waals surface area contributed by atoms with Crippen LogP contribution in [-0.2, 0) is 0 Å². The van der Waals surface area contributed by atoms with Gasteiger partial charge in [-0.25, -0.2) is 0 Å². The minimum atomic E-state index is -0.673. The Balaban J connectivity index is 1.97. The lowest BCUT2D eigenvalue weighted by Gasteiger charge is -1.97. The van der Waals surface area contributed by atoms with E-state index in [-0.39, 0.29) is 11.6 Å². The van der Waals surface area contributed by atoms with Crippen LogP contribution in [0.4, 0.5) is 5.69 Å². The van der Waals surface area contributed by atoms with E-state index in [1.807, 2.05) is 0 Å². The summed E-state index contributed by atoms with van der Waals surface area (Å²) in [6.45, 7) is 0. The zero-order valence-electron chi connectivity index (χ0n) is 10.5. The van der Waals surface area contributed by atoms with Crippen LogP contribution in [0.15, 0.2) is 47.2 Å². The molecular weight excluding hydrogens is 276 g/mol. The van der Waals surface area contributed by atoms with Gasteiger partial charge in [-0.05, 0) is 24.3 Å². The Morgan fingerprint density at radius 3 is 2.76 bits per heavy atom. The maximum absolute atomic E-state index is 10.6. The number of benzene rings is 1. The first-order valence-electron chi connectivity index (χ1n) is 5.87. The van der Waals surface area contributed by atoms with E-state index in [0.717, 1.165) is 0 Å². The maximum atomic E-state index is 10.6. The molecule has 2 aromatic heterocycles. The fraction of sp³-hybridized carbons (Fsp3) is 0. The second-order valence-electron chi connectivity index (χ2n) is 4.13. The van der Waals surface area contributed by atoms with Crippen LogP contribution in [0.5, 0.6) is 5.75 Å². The van der Waals surface area contributed by atoms with Crippen molar-refractivity contribution in [2.45, 2.75) is 0 Å². The molecule has 21 heavy (non-hydrogen) atoms. The van der Waals surface area contributed by atoms with Crippen LogP contribution in [-0.4, -0.2) is 25.2 Å². The summed E-state index contributed by atoms with van der Waals surface area (Å²) >= 11 is 0. The van der Waals surface area contributed by atoms with Gasteiger partial charge in [-0.1, -0.05) is 5.16 Å². The molecule has 2 heterocycles. The van der Waals surface area contributed by atoms with E-state index >= 15 is 0 Å². The number of nitro benzene ring substituents is 1. The largest absolute Gasteiger partial charge is 0.502 e. The number of nitro groups is 1. The Hall–Kier alpha value is -3.29. The van der Waals surface area contributed by atoms with Gasteiger partial charge < -0.3 is 9.63 Å². The molecule has 3 aromatic rings. The van der Waals surface area contributed by atoms with Gasteiger partial charge in [0, 0.05) is 29.6 Å². The lowest BCUT2D eigenvalue weighted by Crippen LogP contribution is -1.89. The number of aromatic hydroxyl groups is 1. The van der Waals surface area contributed by atoms with Gasteiger partial charge >= 0.3 is 5.69 Å². The Bertz CT molecular complexity index is 801. The number of nitrogens with zero attached hydrogens (tertiary/aromatic N) is 4. The first kappa shape index (κ1) is 12.7. The summed E-state index contributed by atoms with van der Waals surface area (Å²) in [5.41, 5.74) is 0.685. The number of aromatic nitrogens is 3. The minimum Gasteiger partial charge on any atom is -0.502 e. The fourth-order valence-corrected chi connectivity index (χ4v) is 1.76. The van der Waals surface area contributed by atoms with Crippen LogP contribution < -0.4 is 0 Å². The lowest BCUT2D eigenvalue weighted by atomic mass is 10.2. The summed E-state index contributed by atoms with van der Waals surface area (Å²) in [6, 6.07) is 7.33. The molecule has 0 unspecified atom stereocenters. The first-order valence-corrected chi connectivity index (χ1v) is 5.87. The van der Waals surface area contributed by atoms with E-state index in [1.54, 1.807) is 24.5 Å². The molecule has 0 aliphatic carbocycles. The van der Waals surface area contributed by atoms with E-state index < -0.39 is 10.7 Å². The highest BCUT2D eigenvalue weighted by molar-refractivity contribution is 5.63. The van der Waals surface area contributed by atoms with E-state index in [1.165, 1.54) is 18.2 Å². The molecule has 0 aliphatic rings. The van der Waals surface area contributed by atoms with Gasteiger partial charge in [-0.3, -0.25) is 15.1 Å². The average molecular weight is 284 g/mol. The topological polar surface area (TPSA) is 115 Å². The Morgan fingerprint density at radius 2 is 2.10 bits per heavy atom. The Labute approximate surface area is 117 Å². The number of phenols is 1. The van der Waals surface area contributed by atoms with Gasteiger partial charge in [0.2, 0.25) is 5.82 Å². The van der Waals surface area contributed by atoms with Crippen molar-refractivity contribution in [1.29, 1.82) is 0 Å². The molecule has 104 valence electrons. The summed E-state index contributed by atoms with van der Waals surface area (Å²) in [7, 11) is 0. The third-order valence-corrected chi connectivity index (χ3v) is 2.76. The van der Waals surface area contributed by atoms with Gasteiger partial charge in [0.25, 0.3) is 5.89 Å². The third-order valence-electron chi connectivity index (χ3n) is 2.76. The van der Waals surface area contributed by atoms with Crippen molar-refractivity contribution in [3.63, 3.8) is 0 Å². The molecule has 0 atom stereocenters. The third kappa shape index (κ3) is 2.41. The first-order chi connectivity index (χ1) is 10.1. The van der Waals surface area contributed by atoms with E-state index in [4.69, 9.17) is 4.52 Å². The van der Waals surface area contributed by atoms with Crippen molar-refractivity contribution >= 4 is 5.69 Å². The fourth-order valence-electron chi connectivity index (χ4n) is 1.76. The summed E-state index contributed by atoms with van der Waals surface area (Å²) in [6.07, 6.45) is 3.21. The standard InChI is InChI=1S/C13H8N4O4/c18-11-6-8(3-4-10(11)17(19)20)13-15-12(16-21-13)9-2-1-5-14-7-9/h1-7,18H. The minimum absolute atomic E-state index is 0.152. The normalized spacial score (nSPS) is 10.5. The second kappa shape index (κ2) is 5.00. The van der Waals surface area contributed by atoms with Gasteiger partial charge in [0.1, 0.15) is 0 Å². The zero-order chi connectivity index (χ0) is 14.8. The Kier molecular flexibility index (Phi) is 3.03. The van der Waals surface area contributed by atoms with Crippen molar-refractivity contribution in [3.05, 3.63) is 52.8 Å². The summed E-state index contributed by atoms with van der Waals surface area (Å²) in [5, 5.41) is 24.1. The molecule has 0 aliphatic heterocycles. The molecule has 8 nitrogen and oxygen atoms in total. The molecule has 0 radical (unpaired) electrons. The molecule has 0 saturated heterocycles.